The van der Waals surface area contributed by atoms with Crippen molar-refractivity contribution >= 4 is 0 Å². The molecule has 1 N–H and O–H groups in total. The molecule has 5 nitrogen and oxygen atoms in total. The Morgan fingerprint density at radius 1 is 1.32 bits per heavy atom. The van der Waals surface area contributed by atoms with E-state index in [0.717, 1.165) is 12.2 Å². The first-order chi connectivity index (χ1) is 8.99. The summed E-state index contributed by atoms with van der Waals surface area (Å²) in [7, 11) is 0. The van der Waals surface area contributed by atoms with Crippen LogP contribution in [0.5, 0.6) is 0 Å². The first kappa shape index (κ1) is 14.5. The van der Waals surface area contributed by atoms with Gasteiger partial charge in [0, 0.05) is 12.6 Å². The third kappa shape index (κ3) is 4.01. The van der Waals surface area contributed by atoms with E-state index in [4.69, 9.17) is 0 Å². The zero-order valence-corrected chi connectivity index (χ0v) is 12.7. The average molecular weight is 265 g/mol. The van der Waals surface area contributed by atoms with Gasteiger partial charge in [-0.25, -0.2) is 4.68 Å². The normalized spacial score (nSPS) is 18.9. The quantitative estimate of drug-likeness (QED) is 0.898. The van der Waals surface area contributed by atoms with Gasteiger partial charge in [0.25, 0.3) is 0 Å². The highest BCUT2D eigenvalue weighted by Gasteiger charge is 2.19. The number of likely N-dealkylation sites (tertiary alicyclic amines) is 1. The van der Waals surface area contributed by atoms with Crippen LogP contribution in [0, 0.1) is 0 Å². The van der Waals surface area contributed by atoms with Crippen LogP contribution in [-0.4, -0.2) is 45.6 Å². The number of hydrogen-bond donors (Lipinski definition) is 1. The van der Waals surface area contributed by atoms with E-state index in [9.17, 15) is 0 Å². The molecule has 0 aliphatic carbocycles. The summed E-state index contributed by atoms with van der Waals surface area (Å²) in [6, 6.07) is 0.627. The molecule has 0 bridgehead atoms. The van der Waals surface area contributed by atoms with Crippen LogP contribution in [0.3, 0.4) is 0 Å². The van der Waals surface area contributed by atoms with E-state index < -0.39 is 0 Å². The summed E-state index contributed by atoms with van der Waals surface area (Å²) in [5.74, 6) is 0. The molecule has 0 atom stereocenters. The monoisotopic (exact) mass is 265 g/mol. The Morgan fingerprint density at radius 3 is 2.53 bits per heavy atom. The minimum absolute atomic E-state index is 0.0116. The summed E-state index contributed by atoms with van der Waals surface area (Å²) in [6.07, 6.45) is 4.52. The highest BCUT2D eigenvalue weighted by Crippen LogP contribution is 2.13. The Kier molecular flexibility index (Phi) is 4.58. The summed E-state index contributed by atoms with van der Waals surface area (Å²) >= 11 is 0. The molecule has 1 fully saturated rings. The number of piperidine rings is 1. The van der Waals surface area contributed by atoms with Crippen LogP contribution in [0.15, 0.2) is 6.20 Å². The lowest BCUT2D eigenvalue weighted by atomic mass is 10.1. The molecule has 0 amide bonds. The molecule has 108 valence electrons. The van der Waals surface area contributed by atoms with Gasteiger partial charge in [0.2, 0.25) is 0 Å². The van der Waals surface area contributed by atoms with Crippen LogP contribution < -0.4 is 5.32 Å². The van der Waals surface area contributed by atoms with Crippen molar-refractivity contribution in [3.05, 3.63) is 11.9 Å². The van der Waals surface area contributed by atoms with Gasteiger partial charge in [-0.05, 0) is 53.2 Å². The number of rotatable bonds is 4. The minimum atomic E-state index is 0.0116. The lowest BCUT2D eigenvalue weighted by Crippen LogP contribution is -2.42. The SMILES string of the molecule is CCN1CCC(NCc2cn(C(C)(C)C)nn2)CC1. The van der Waals surface area contributed by atoms with Gasteiger partial charge in [-0.2, -0.15) is 0 Å². The van der Waals surface area contributed by atoms with Crippen LogP contribution >= 0.6 is 0 Å². The topological polar surface area (TPSA) is 46.0 Å². The molecule has 19 heavy (non-hydrogen) atoms. The van der Waals surface area contributed by atoms with Crippen molar-refractivity contribution in [2.45, 2.75) is 58.7 Å². The fourth-order valence-electron chi connectivity index (χ4n) is 2.41. The van der Waals surface area contributed by atoms with Crippen molar-refractivity contribution in [3.8, 4) is 0 Å². The molecular weight excluding hydrogens is 238 g/mol. The van der Waals surface area contributed by atoms with E-state index in [0.29, 0.717) is 6.04 Å². The standard InChI is InChI=1S/C14H27N5/c1-5-18-8-6-12(7-9-18)15-10-13-11-19(17-16-13)14(2,3)4/h11-12,15H,5-10H2,1-4H3. The molecule has 2 rings (SSSR count). The summed E-state index contributed by atoms with van der Waals surface area (Å²) in [6.45, 7) is 13.1. The van der Waals surface area contributed by atoms with E-state index in [2.05, 4.69) is 48.2 Å². The second kappa shape index (κ2) is 6.01. The van der Waals surface area contributed by atoms with Gasteiger partial charge in [-0.3, -0.25) is 0 Å². The van der Waals surface area contributed by atoms with Crippen molar-refractivity contribution in [1.82, 2.24) is 25.2 Å². The lowest BCUT2D eigenvalue weighted by Gasteiger charge is -2.31. The van der Waals surface area contributed by atoms with E-state index in [1.54, 1.807) is 0 Å². The van der Waals surface area contributed by atoms with Crippen LogP contribution in [0.2, 0.25) is 0 Å². The van der Waals surface area contributed by atoms with Crippen molar-refractivity contribution in [3.63, 3.8) is 0 Å². The summed E-state index contributed by atoms with van der Waals surface area (Å²) in [4.78, 5) is 2.51. The molecular formula is C14H27N5. The van der Waals surface area contributed by atoms with Gasteiger partial charge in [0.05, 0.1) is 17.4 Å². The third-order valence-corrected chi connectivity index (χ3v) is 3.83. The lowest BCUT2D eigenvalue weighted by molar-refractivity contribution is 0.205. The van der Waals surface area contributed by atoms with Crippen molar-refractivity contribution in [2.24, 2.45) is 0 Å². The Bertz CT molecular complexity index is 385. The summed E-state index contributed by atoms with van der Waals surface area (Å²) in [5, 5.41) is 12.0. The molecule has 0 spiro atoms. The molecule has 1 saturated heterocycles. The van der Waals surface area contributed by atoms with E-state index >= 15 is 0 Å². The van der Waals surface area contributed by atoms with Crippen molar-refractivity contribution < 1.29 is 0 Å². The number of nitrogens with one attached hydrogen (secondary N) is 1. The van der Waals surface area contributed by atoms with Crippen molar-refractivity contribution in [1.29, 1.82) is 0 Å². The summed E-state index contributed by atoms with van der Waals surface area (Å²) < 4.78 is 1.93. The molecule has 0 unspecified atom stereocenters. The Balaban J connectivity index is 1.78. The van der Waals surface area contributed by atoms with Gasteiger partial charge in [-0.15, -0.1) is 5.10 Å². The Labute approximate surface area is 116 Å². The smallest absolute Gasteiger partial charge is 0.0965 e. The molecule has 1 aliphatic heterocycles. The molecule has 1 aliphatic rings. The maximum atomic E-state index is 4.24. The average Bonchev–Trinajstić information content (AvgIpc) is 2.86. The Morgan fingerprint density at radius 2 is 2.00 bits per heavy atom. The minimum Gasteiger partial charge on any atom is -0.308 e. The molecule has 0 aromatic carbocycles. The number of nitrogens with zero attached hydrogens (tertiary/aromatic N) is 4. The number of aromatic nitrogens is 3. The molecule has 0 radical (unpaired) electrons. The van der Waals surface area contributed by atoms with Gasteiger partial charge < -0.3 is 10.2 Å². The molecule has 5 heteroatoms. The van der Waals surface area contributed by atoms with E-state index in [1.807, 2.05) is 10.9 Å². The van der Waals surface area contributed by atoms with E-state index in [1.165, 1.54) is 32.5 Å². The maximum Gasteiger partial charge on any atom is 0.0965 e. The van der Waals surface area contributed by atoms with Gasteiger partial charge in [0.1, 0.15) is 0 Å². The van der Waals surface area contributed by atoms with Crippen LogP contribution in [-0.2, 0) is 12.1 Å². The van der Waals surface area contributed by atoms with Crippen LogP contribution in [0.4, 0.5) is 0 Å². The first-order valence-electron chi connectivity index (χ1n) is 7.36. The largest absolute Gasteiger partial charge is 0.308 e. The highest BCUT2D eigenvalue weighted by atomic mass is 15.4. The zero-order valence-electron chi connectivity index (χ0n) is 12.7. The maximum absolute atomic E-state index is 4.24. The number of hydrogen-bond acceptors (Lipinski definition) is 4. The molecule has 2 heterocycles. The second-order valence-corrected chi connectivity index (χ2v) is 6.41. The van der Waals surface area contributed by atoms with Gasteiger partial charge >= 0.3 is 0 Å². The highest BCUT2D eigenvalue weighted by molar-refractivity contribution is 4.95. The Hall–Kier alpha value is -0.940. The molecule has 0 saturated carbocycles. The third-order valence-electron chi connectivity index (χ3n) is 3.83. The fraction of sp³-hybridized carbons (Fsp3) is 0.857. The van der Waals surface area contributed by atoms with Crippen molar-refractivity contribution in [2.75, 3.05) is 19.6 Å². The van der Waals surface area contributed by atoms with Crippen LogP contribution in [0.25, 0.3) is 0 Å². The fourth-order valence-corrected chi connectivity index (χ4v) is 2.41. The van der Waals surface area contributed by atoms with E-state index in [-0.39, 0.29) is 5.54 Å². The summed E-state index contributed by atoms with van der Waals surface area (Å²) in [5.41, 5.74) is 1.05. The molecule has 1 aromatic heterocycles. The predicted octanol–water partition coefficient (Wildman–Crippen LogP) is 1.61. The van der Waals surface area contributed by atoms with Gasteiger partial charge in [-0.1, -0.05) is 12.1 Å². The zero-order chi connectivity index (χ0) is 13.9. The van der Waals surface area contributed by atoms with Crippen LogP contribution in [0.1, 0.15) is 46.2 Å². The first-order valence-corrected chi connectivity index (χ1v) is 7.36. The molecule has 1 aromatic rings. The van der Waals surface area contributed by atoms with Gasteiger partial charge in [0.15, 0.2) is 0 Å². The predicted molar refractivity (Wildman–Crippen MR) is 77.0 cm³/mol. The second-order valence-electron chi connectivity index (χ2n) is 6.41.